The maximum absolute atomic E-state index is 14.4. The predicted octanol–water partition coefficient (Wildman–Crippen LogP) is 4.35. The second-order valence-corrected chi connectivity index (χ2v) is 7.38. The number of rotatable bonds is 3. The van der Waals surface area contributed by atoms with Gasteiger partial charge in [0.1, 0.15) is 5.83 Å². The number of halogens is 2. The van der Waals surface area contributed by atoms with Crippen LogP contribution in [-0.4, -0.2) is 31.4 Å². The number of hydrogen-bond donors (Lipinski definition) is 2. The zero-order valence-corrected chi connectivity index (χ0v) is 15.8. The lowest BCUT2D eigenvalue weighted by molar-refractivity contribution is 0.507. The van der Waals surface area contributed by atoms with E-state index in [1.165, 1.54) is 11.1 Å². The van der Waals surface area contributed by atoms with Crippen LogP contribution in [-0.2, 0) is 0 Å². The zero-order valence-electron chi connectivity index (χ0n) is 15.8. The molecule has 2 atom stereocenters. The van der Waals surface area contributed by atoms with Crippen LogP contribution < -0.4 is 10.6 Å². The van der Waals surface area contributed by atoms with Crippen LogP contribution in [0.3, 0.4) is 0 Å². The summed E-state index contributed by atoms with van der Waals surface area (Å²) in [5, 5.41) is 6.66. The molecule has 4 aliphatic rings. The summed E-state index contributed by atoms with van der Waals surface area (Å²) in [4.78, 5) is 5.02. The first-order valence-corrected chi connectivity index (χ1v) is 9.59. The smallest absolute Gasteiger partial charge is 0.162 e. The van der Waals surface area contributed by atoms with Crippen molar-refractivity contribution < 1.29 is 8.78 Å². The van der Waals surface area contributed by atoms with Crippen molar-refractivity contribution in [3.05, 3.63) is 70.0 Å². The molecule has 2 aliphatic heterocycles. The molecule has 2 unspecified atom stereocenters. The summed E-state index contributed by atoms with van der Waals surface area (Å²) in [6.07, 6.45) is 12.1. The lowest BCUT2D eigenvalue weighted by Crippen LogP contribution is -2.41. The Balaban J connectivity index is 1.71. The van der Waals surface area contributed by atoms with E-state index in [1.807, 2.05) is 38.4 Å². The van der Waals surface area contributed by atoms with Gasteiger partial charge in [0.15, 0.2) is 5.83 Å². The van der Waals surface area contributed by atoms with Crippen LogP contribution in [0.5, 0.6) is 0 Å². The van der Waals surface area contributed by atoms with Crippen molar-refractivity contribution in [3.8, 4) is 0 Å². The molecule has 2 N–H and O–H groups in total. The van der Waals surface area contributed by atoms with Crippen molar-refractivity contribution in [1.29, 1.82) is 0 Å². The molecule has 0 saturated heterocycles. The number of fused-ring (bicyclic) bond motifs is 1. The first kappa shape index (κ1) is 18.1. The largest absolute Gasteiger partial charge is 0.387 e. The van der Waals surface area contributed by atoms with Gasteiger partial charge in [-0.15, -0.1) is 0 Å². The molecule has 0 bridgehead atoms. The number of nitrogens with one attached hydrogen (secondary N) is 2. The summed E-state index contributed by atoms with van der Waals surface area (Å²) in [6.45, 7) is 2.81. The number of allylic oxidation sites excluding steroid dienone is 8. The van der Waals surface area contributed by atoms with Gasteiger partial charge in [-0.2, -0.15) is 0 Å². The van der Waals surface area contributed by atoms with E-state index < -0.39 is 11.7 Å². The fourth-order valence-electron chi connectivity index (χ4n) is 4.43. The van der Waals surface area contributed by atoms with Crippen molar-refractivity contribution in [1.82, 2.24) is 10.6 Å². The molecule has 4 rings (SSSR count). The van der Waals surface area contributed by atoms with Gasteiger partial charge in [-0.25, -0.2) is 8.78 Å². The highest BCUT2D eigenvalue weighted by molar-refractivity contribution is 6.02. The van der Waals surface area contributed by atoms with Gasteiger partial charge in [0.25, 0.3) is 0 Å². The summed E-state index contributed by atoms with van der Waals surface area (Å²) < 4.78 is 28.2. The molecular weight excluding hydrogens is 344 g/mol. The van der Waals surface area contributed by atoms with Crippen LogP contribution in [0.4, 0.5) is 8.78 Å². The van der Waals surface area contributed by atoms with E-state index in [4.69, 9.17) is 4.99 Å². The van der Waals surface area contributed by atoms with Crippen molar-refractivity contribution in [2.45, 2.75) is 44.7 Å². The molecule has 2 aliphatic carbocycles. The van der Waals surface area contributed by atoms with Crippen molar-refractivity contribution in [2.75, 3.05) is 13.6 Å². The Morgan fingerprint density at radius 3 is 2.81 bits per heavy atom. The first-order valence-electron chi connectivity index (χ1n) is 9.59. The van der Waals surface area contributed by atoms with E-state index in [0.29, 0.717) is 18.4 Å². The summed E-state index contributed by atoms with van der Waals surface area (Å²) >= 11 is 0. The van der Waals surface area contributed by atoms with Gasteiger partial charge in [-0.3, -0.25) is 4.99 Å². The van der Waals surface area contributed by atoms with Gasteiger partial charge in [-0.1, -0.05) is 18.2 Å². The SMILES string of the molecule is CNC1CC(C2=CC=CNC2)=NC2CC=C(C3=CCCC(F)=C3F)C(C)=C21. The van der Waals surface area contributed by atoms with Crippen molar-refractivity contribution >= 4 is 5.71 Å². The number of aliphatic imine (C=N–C) groups is 1. The Morgan fingerprint density at radius 1 is 1.22 bits per heavy atom. The van der Waals surface area contributed by atoms with Crippen LogP contribution in [0.1, 0.15) is 32.6 Å². The molecule has 0 aromatic rings. The van der Waals surface area contributed by atoms with E-state index in [-0.39, 0.29) is 18.5 Å². The van der Waals surface area contributed by atoms with Crippen LogP contribution in [0.2, 0.25) is 0 Å². The third kappa shape index (κ3) is 3.25. The first-order chi connectivity index (χ1) is 13.1. The number of dihydropyridines is 1. The van der Waals surface area contributed by atoms with E-state index in [9.17, 15) is 8.78 Å². The molecule has 0 spiro atoms. The normalized spacial score (nSPS) is 28.1. The zero-order chi connectivity index (χ0) is 19.0. The van der Waals surface area contributed by atoms with Gasteiger partial charge in [0, 0.05) is 36.7 Å². The lowest BCUT2D eigenvalue weighted by Gasteiger charge is -2.36. The molecule has 5 heteroatoms. The lowest BCUT2D eigenvalue weighted by atomic mass is 9.77. The number of nitrogens with zero attached hydrogens (tertiary/aromatic N) is 1. The summed E-state index contributed by atoms with van der Waals surface area (Å²) in [7, 11) is 1.95. The van der Waals surface area contributed by atoms with E-state index >= 15 is 0 Å². The average Bonchev–Trinajstić information content (AvgIpc) is 2.70. The molecule has 0 amide bonds. The Labute approximate surface area is 159 Å². The van der Waals surface area contributed by atoms with Crippen LogP contribution >= 0.6 is 0 Å². The van der Waals surface area contributed by atoms with Gasteiger partial charge in [-0.05, 0) is 61.4 Å². The fourth-order valence-corrected chi connectivity index (χ4v) is 4.43. The standard InChI is InChI=1S/C22H25F2N3/c1-13-15(16-6-3-7-17(23)22(16)24)8-9-18-21(13)20(25-2)11-19(27-18)14-5-4-10-26-12-14/h4-6,8,10,18,20,25-26H,3,7,9,11-12H2,1-2H3. The van der Waals surface area contributed by atoms with Gasteiger partial charge in [0.05, 0.1) is 6.04 Å². The van der Waals surface area contributed by atoms with Gasteiger partial charge < -0.3 is 10.6 Å². The van der Waals surface area contributed by atoms with Crippen molar-refractivity contribution in [2.24, 2.45) is 4.99 Å². The highest BCUT2D eigenvalue weighted by Gasteiger charge is 2.34. The molecule has 0 radical (unpaired) electrons. The Morgan fingerprint density at radius 2 is 2.07 bits per heavy atom. The second kappa shape index (κ2) is 7.39. The minimum Gasteiger partial charge on any atom is -0.387 e. The predicted molar refractivity (Wildman–Crippen MR) is 106 cm³/mol. The fraction of sp³-hybridized carbons (Fsp3) is 0.409. The summed E-state index contributed by atoms with van der Waals surface area (Å²) in [5.41, 5.74) is 5.82. The van der Waals surface area contributed by atoms with E-state index in [0.717, 1.165) is 29.8 Å². The summed E-state index contributed by atoms with van der Waals surface area (Å²) in [5.74, 6) is -1.33. The van der Waals surface area contributed by atoms with Crippen LogP contribution in [0.15, 0.2) is 75.0 Å². The molecule has 0 saturated carbocycles. The Kier molecular flexibility index (Phi) is 4.96. The van der Waals surface area contributed by atoms with Gasteiger partial charge in [0.2, 0.25) is 0 Å². The second-order valence-electron chi connectivity index (χ2n) is 7.38. The van der Waals surface area contributed by atoms with E-state index in [2.05, 4.69) is 16.7 Å². The molecule has 2 heterocycles. The maximum Gasteiger partial charge on any atom is 0.162 e. The maximum atomic E-state index is 14.4. The number of hydrogen-bond acceptors (Lipinski definition) is 3. The molecule has 0 fully saturated rings. The minimum absolute atomic E-state index is 0.0582. The molecular formula is C22H25F2N3. The molecule has 142 valence electrons. The summed E-state index contributed by atoms with van der Waals surface area (Å²) in [6, 6.07) is 0.210. The Bertz CT molecular complexity index is 868. The van der Waals surface area contributed by atoms with Crippen molar-refractivity contribution in [3.63, 3.8) is 0 Å². The van der Waals surface area contributed by atoms with E-state index in [1.54, 1.807) is 0 Å². The number of likely N-dealkylation sites (N-methyl/N-ethyl adjacent to an activating group) is 1. The molecule has 0 aromatic carbocycles. The third-order valence-electron chi connectivity index (χ3n) is 5.83. The average molecular weight is 369 g/mol. The highest BCUT2D eigenvalue weighted by Crippen LogP contribution is 2.41. The molecule has 3 nitrogen and oxygen atoms in total. The quantitative estimate of drug-likeness (QED) is 0.776. The Hall–Kier alpha value is -2.27. The van der Waals surface area contributed by atoms with Crippen LogP contribution in [0, 0.1) is 0 Å². The molecule has 0 aromatic heterocycles. The van der Waals surface area contributed by atoms with Crippen LogP contribution in [0.25, 0.3) is 0 Å². The van der Waals surface area contributed by atoms with Gasteiger partial charge >= 0.3 is 0 Å². The topological polar surface area (TPSA) is 36.4 Å². The third-order valence-corrected chi connectivity index (χ3v) is 5.83. The minimum atomic E-state index is -0.697. The molecule has 27 heavy (non-hydrogen) atoms. The highest BCUT2D eigenvalue weighted by atomic mass is 19.2. The monoisotopic (exact) mass is 369 g/mol.